The van der Waals surface area contributed by atoms with Gasteiger partial charge in [0.25, 0.3) is 5.91 Å². The number of hydrazone groups is 1. The van der Waals surface area contributed by atoms with Gasteiger partial charge in [-0.25, -0.2) is 5.43 Å². The number of amides is 1. The predicted molar refractivity (Wildman–Crippen MR) is 111 cm³/mol. The Balaban J connectivity index is 1.92. The standard InChI is InChI=1S/C20H21ClN2O3S/c1-4-11-26-18-10-5-15(12-19(18)25-3)13-22-23-20(24)14(2)27-17-8-6-16(21)7-9-17/h4-10,12-14H,1,11H2,2-3H3,(H,23,24)/b22-13-/t14-/m0/s1. The summed E-state index contributed by atoms with van der Waals surface area (Å²) >= 11 is 7.30. The van der Waals surface area contributed by atoms with Crippen LogP contribution in [0.2, 0.25) is 5.02 Å². The van der Waals surface area contributed by atoms with Crippen LogP contribution < -0.4 is 14.9 Å². The van der Waals surface area contributed by atoms with Crippen LogP contribution in [-0.4, -0.2) is 31.1 Å². The van der Waals surface area contributed by atoms with Crippen molar-refractivity contribution in [2.24, 2.45) is 5.10 Å². The third-order valence-electron chi connectivity index (χ3n) is 3.43. The van der Waals surface area contributed by atoms with Gasteiger partial charge in [-0.1, -0.05) is 24.3 Å². The molecule has 1 atom stereocenters. The summed E-state index contributed by atoms with van der Waals surface area (Å²) in [4.78, 5) is 13.1. The van der Waals surface area contributed by atoms with E-state index < -0.39 is 0 Å². The Hall–Kier alpha value is -2.44. The number of nitrogens with one attached hydrogen (secondary N) is 1. The molecule has 27 heavy (non-hydrogen) atoms. The Morgan fingerprint density at radius 1 is 1.30 bits per heavy atom. The minimum atomic E-state index is -0.299. The SMILES string of the molecule is C=CCOc1ccc(/C=N\NC(=O)[C@H](C)Sc2ccc(Cl)cc2)cc1OC. The molecule has 0 aliphatic carbocycles. The summed E-state index contributed by atoms with van der Waals surface area (Å²) in [6.07, 6.45) is 3.21. The molecule has 0 aliphatic rings. The summed E-state index contributed by atoms with van der Waals surface area (Å²) in [7, 11) is 1.56. The van der Waals surface area contributed by atoms with Gasteiger partial charge in [0.15, 0.2) is 11.5 Å². The zero-order chi connectivity index (χ0) is 19.6. The van der Waals surface area contributed by atoms with Crippen LogP contribution in [-0.2, 0) is 4.79 Å². The first-order chi connectivity index (χ1) is 13.0. The lowest BCUT2D eigenvalue weighted by atomic mass is 10.2. The molecule has 0 heterocycles. The van der Waals surface area contributed by atoms with E-state index in [1.54, 1.807) is 43.7 Å². The van der Waals surface area contributed by atoms with E-state index in [1.807, 2.05) is 25.1 Å². The summed E-state index contributed by atoms with van der Waals surface area (Å²) < 4.78 is 10.8. The quantitative estimate of drug-likeness (QED) is 0.288. The monoisotopic (exact) mass is 404 g/mol. The number of hydrogen-bond donors (Lipinski definition) is 1. The van der Waals surface area contributed by atoms with Gasteiger partial charge < -0.3 is 9.47 Å². The van der Waals surface area contributed by atoms with E-state index >= 15 is 0 Å². The first-order valence-corrected chi connectivity index (χ1v) is 9.46. The van der Waals surface area contributed by atoms with E-state index in [0.717, 1.165) is 10.5 Å². The van der Waals surface area contributed by atoms with Crippen LogP contribution in [0.1, 0.15) is 12.5 Å². The minimum Gasteiger partial charge on any atom is -0.493 e. The molecule has 7 heteroatoms. The van der Waals surface area contributed by atoms with Crippen LogP contribution in [0, 0.1) is 0 Å². The van der Waals surface area contributed by atoms with Crippen molar-refractivity contribution in [2.45, 2.75) is 17.1 Å². The molecule has 0 bridgehead atoms. The molecule has 2 rings (SSSR count). The highest BCUT2D eigenvalue weighted by Gasteiger charge is 2.13. The molecular formula is C20H21ClN2O3S. The van der Waals surface area contributed by atoms with Gasteiger partial charge in [-0.15, -0.1) is 11.8 Å². The summed E-state index contributed by atoms with van der Waals surface area (Å²) in [5.74, 6) is 1.01. The van der Waals surface area contributed by atoms with Gasteiger partial charge in [-0.05, 0) is 55.0 Å². The number of ether oxygens (including phenoxy) is 2. The summed E-state index contributed by atoms with van der Waals surface area (Å²) in [6.45, 7) is 5.83. The Kier molecular flexibility index (Phi) is 8.23. The van der Waals surface area contributed by atoms with Crippen molar-refractivity contribution in [3.05, 3.63) is 65.7 Å². The largest absolute Gasteiger partial charge is 0.493 e. The van der Waals surface area contributed by atoms with Crippen LogP contribution >= 0.6 is 23.4 Å². The molecule has 0 aromatic heterocycles. The maximum Gasteiger partial charge on any atom is 0.253 e. The van der Waals surface area contributed by atoms with Crippen molar-refractivity contribution in [2.75, 3.05) is 13.7 Å². The third-order valence-corrected chi connectivity index (χ3v) is 4.79. The lowest BCUT2D eigenvalue weighted by Gasteiger charge is -2.10. The summed E-state index contributed by atoms with van der Waals surface area (Å²) in [5, 5.41) is 4.38. The van der Waals surface area contributed by atoms with Crippen LogP contribution in [0.4, 0.5) is 0 Å². The average molecular weight is 405 g/mol. The minimum absolute atomic E-state index is 0.191. The molecule has 0 unspecified atom stereocenters. The zero-order valence-electron chi connectivity index (χ0n) is 15.1. The number of benzene rings is 2. The van der Waals surface area contributed by atoms with Gasteiger partial charge in [-0.2, -0.15) is 5.10 Å². The smallest absolute Gasteiger partial charge is 0.253 e. The maximum absolute atomic E-state index is 12.2. The van der Waals surface area contributed by atoms with Crippen LogP contribution in [0.15, 0.2) is 65.1 Å². The van der Waals surface area contributed by atoms with Gasteiger partial charge in [0.1, 0.15) is 6.61 Å². The van der Waals surface area contributed by atoms with Crippen LogP contribution in [0.25, 0.3) is 0 Å². The molecule has 0 saturated heterocycles. The second-order valence-electron chi connectivity index (χ2n) is 5.46. The van der Waals surface area contributed by atoms with Crippen molar-refractivity contribution < 1.29 is 14.3 Å². The average Bonchev–Trinajstić information content (AvgIpc) is 2.68. The Labute approximate surface area is 168 Å². The lowest BCUT2D eigenvalue weighted by molar-refractivity contribution is -0.120. The fraction of sp³-hybridized carbons (Fsp3) is 0.200. The number of thioether (sulfide) groups is 1. The van der Waals surface area contributed by atoms with E-state index in [-0.39, 0.29) is 11.2 Å². The van der Waals surface area contributed by atoms with E-state index in [4.69, 9.17) is 21.1 Å². The van der Waals surface area contributed by atoms with Crippen molar-refractivity contribution in [1.82, 2.24) is 5.43 Å². The van der Waals surface area contributed by atoms with Gasteiger partial charge in [0.05, 0.1) is 18.6 Å². The Morgan fingerprint density at radius 3 is 2.70 bits per heavy atom. The highest BCUT2D eigenvalue weighted by atomic mass is 35.5. The topological polar surface area (TPSA) is 59.9 Å². The molecule has 0 spiro atoms. The van der Waals surface area contributed by atoms with Gasteiger partial charge >= 0.3 is 0 Å². The molecule has 142 valence electrons. The van der Waals surface area contributed by atoms with E-state index in [0.29, 0.717) is 23.1 Å². The fourth-order valence-electron chi connectivity index (χ4n) is 2.06. The number of methoxy groups -OCH3 is 1. The molecular weight excluding hydrogens is 384 g/mol. The van der Waals surface area contributed by atoms with Crippen molar-refractivity contribution in [3.63, 3.8) is 0 Å². The van der Waals surface area contributed by atoms with Crippen molar-refractivity contribution in [1.29, 1.82) is 0 Å². The van der Waals surface area contributed by atoms with Gasteiger partial charge in [-0.3, -0.25) is 4.79 Å². The van der Waals surface area contributed by atoms with Crippen molar-refractivity contribution >= 4 is 35.5 Å². The molecule has 2 aromatic rings. The second-order valence-corrected chi connectivity index (χ2v) is 7.31. The molecule has 0 radical (unpaired) electrons. The maximum atomic E-state index is 12.2. The number of hydrogen-bond acceptors (Lipinski definition) is 5. The molecule has 0 saturated carbocycles. The first-order valence-electron chi connectivity index (χ1n) is 8.20. The fourth-order valence-corrected chi connectivity index (χ4v) is 3.05. The molecule has 5 nitrogen and oxygen atoms in total. The van der Waals surface area contributed by atoms with E-state index in [9.17, 15) is 4.79 Å². The molecule has 1 N–H and O–H groups in total. The van der Waals surface area contributed by atoms with E-state index in [1.165, 1.54) is 11.8 Å². The highest BCUT2D eigenvalue weighted by Crippen LogP contribution is 2.27. The Bertz CT molecular complexity index is 809. The summed E-state index contributed by atoms with van der Waals surface area (Å²) in [6, 6.07) is 12.7. The number of rotatable bonds is 9. The van der Waals surface area contributed by atoms with Gasteiger partial charge in [0, 0.05) is 9.92 Å². The predicted octanol–water partition coefficient (Wildman–Crippen LogP) is 4.54. The third kappa shape index (κ3) is 6.66. The zero-order valence-corrected chi connectivity index (χ0v) is 16.7. The summed E-state index contributed by atoms with van der Waals surface area (Å²) in [5.41, 5.74) is 3.32. The molecule has 0 aliphatic heterocycles. The number of carbonyl (C=O) groups is 1. The normalized spacial score (nSPS) is 11.8. The number of nitrogens with zero attached hydrogens (tertiary/aromatic N) is 1. The highest BCUT2D eigenvalue weighted by molar-refractivity contribution is 8.00. The van der Waals surface area contributed by atoms with Crippen LogP contribution in [0.3, 0.4) is 0 Å². The van der Waals surface area contributed by atoms with E-state index in [2.05, 4.69) is 17.1 Å². The van der Waals surface area contributed by atoms with Crippen molar-refractivity contribution in [3.8, 4) is 11.5 Å². The second kappa shape index (κ2) is 10.6. The molecule has 2 aromatic carbocycles. The first kappa shape index (κ1) is 20.9. The number of halogens is 1. The van der Waals surface area contributed by atoms with Crippen LogP contribution in [0.5, 0.6) is 11.5 Å². The lowest BCUT2D eigenvalue weighted by Crippen LogP contribution is -2.26. The van der Waals surface area contributed by atoms with Gasteiger partial charge in [0.2, 0.25) is 0 Å². The Morgan fingerprint density at radius 2 is 2.04 bits per heavy atom. The molecule has 1 amide bonds. The number of carbonyl (C=O) groups excluding carboxylic acids is 1. The molecule has 0 fully saturated rings.